The number of likely N-dealkylation sites (N-methyl/N-ethyl adjacent to an activating group) is 2. The lowest BCUT2D eigenvalue weighted by atomic mass is 9.56. The number of halogens is 2. The van der Waals surface area contributed by atoms with E-state index < -0.39 is 0 Å². The number of fused-ring (bicyclic) bond motifs is 8. The SMILES string of the molecule is C[N@@+]12CC[C@@]34c5ccccc5N5/C=C6/[C@H]7C[C@H]8[C@@]9(CC[N@@+]8(C)C/C7=C/CO)c7ccccc7N(/C=C(/[C@@H](C[C@@H]31)/C(=C\CO)C2)[C@H]54)[C@@H]69.[Cl-].[Cl-]. The maximum atomic E-state index is 10.3. The van der Waals surface area contributed by atoms with Crippen molar-refractivity contribution in [2.24, 2.45) is 11.8 Å². The van der Waals surface area contributed by atoms with Crippen LogP contribution in [0.1, 0.15) is 36.8 Å². The molecule has 0 radical (unpaired) electrons. The minimum Gasteiger partial charge on any atom is -1.00 e. The molecule has 2 N–H and O–H groups in total. The Kier molecular flexibility index (Phi) is 6.56. The summed E-state index contributed by atoms with van der Waals surface area (Å²) in [7, 11) is 5.01. The number of rotatable bonds is 2. The summed E-state index contributed by atoms with van der Waals surface area (Å²) in [5, 5.41) is 20.6. The number of quaternary nitrogens is 2. The van der Waals surface area contributed by atoms with Crippen molar-refractivity contribution in [1.29, 1.82) is 0 Å². The number of nitrogens with zero attached hydrogens (tertiary/aromatic N) is 4. The van der Waals surface area contributed by atoms with E-state index in [0.717, 1.165) is 34.9 Å². The summed E-state index contributed by atoms with van der Waals surface area (Å²) < 4.78 is 2.18. The summed E-state index contributed by atoms with van der Waals surface area (Å²) in [5.41, 5.74) is 12.1. The van der Waals surface area contributed by atoms with Crippen LogP contribution in [0.2, 0.25) is 0 Å². The van der Waals surface area contributed by atoms with E-state index in [2.05, 4.69) is 97.0 Å². The standard InChI is InChI=1S/C40H46N4O2.2ClH/c1-43-15-13-39-31-7-3-5-9-33(31)41-22-30-28-20-36-40(14-16-44(36,2)24-26(28)12-18-46)32-8-4-6-10-34(32)42(38(30)40)21-29(37(39)41)27(19-35(39)43)25(23-43)11-17-45;;/h3-12,21-22,27-28,35-38,45-46H,13-20,23-24H2,1-2H3;2*1H/q+2;;/p-2/b25-11-,26-12-,29-21-,30-22-;;/t27-,28-,35-,36-,37-,38-,39+,40+,43-,44-;;/m0../s1. The second-order valence-corrected chi connectivity index (χ2v) is 16.7. The Balaban J connectivity index is 0.00000157. The third-order valence-electron chi connectivity index (χ3n) is 15.3. The van der Waals surface area contributed by atoms with E-state index in [9.17, 15) is 10.2 Å². The van der Waals surface area contributed by atoms with Crippen molar-refractivity contribution in [3.8, 4) is 0 Å². The van der Waals surface area contributed by atoms with Crippen molar-refractivity contribution >= 4 is 11.4 Å². The molecule has 252 valence electrons. The molecule has 4 bridgehead atoms. The summed E-state index contributed by atoms with van der Waals surface area (Å²) in [4.78, 5) is 5.55. The molecule has 2 spiro atoms. The van der Waals surface area contributed by atoms with Gasteiger partial charge in [0.15, 0.2) is 0 Å². The predicted octanol–water partition coefficient (Wildman–Crippen LogP) is -1.63. The highest BCUT2D eigenvalue weighted by Gasteiger charge is 2.74. The third-order valence-corrected chi connectivity index (χ3v) is 15.3. The van der Waals surface area contributed by atoms with Gasteiger partial charge in [-0.05, 0) is 45.6 Å². The van der Waals surface area contributed by atoms with Gasteiger partial charge in [0, 0.05) is 61.3 Å². The highest BCUT2D eigenvalue weighted by molar-refractivity contribution is 5.77. The molecule has 0 amide bonds. The molecule has 11 rings (SSSR count). The number of benzene rings is 2. The number of hydrogen-bond acceptors (Lipinski definition) is 4. The molecule has 7 heterocycles. The van der Waals surface area contributed by atoms with Gasteiger partial charge in [-0.2, -0.15) is 0 Å². The molecular weight excluding hydrogens is 639 g/mol. The number of anilines is 2. The first-order valence-corrected chi connectivity index (χ1v) is 17.8. The van der Waals surface area contributed by atoms with Crippen LogP contribution in [-0.2, 0) is 10.8 Å². The lowest BCUT2D eigenvalue weighted by Gasteiger charge is -2.58. The van der Waals surface area contributed by atoms with Crippen molar-refractivity contribution < 1.29 is 44.0 Å². The first-order valence-electron chi connectivity index (χ1n) is 17.8. The summed E-state index contributed by atoms with van der Waals surface area (Å²) >= 11 is 0. The first kappa shape index (κ1) is 31.4. The van der Waals surface area contributed by atoms with Gasteiger partial charge in [0.2, 0.25) is 0 Å². The molecular formula is C40H46Cl2N4O2. The molecule has 8 heteroatoms. The topological polar surface area (TPSA) is 46.9 Å². The number of para-hydroxylation sites is 2. The summed E-state index contributed by atoms with van der Waals surface area (Å²) in [6.45, 7) is 4.70. The molecule has 4 saturated heterocycles. The monoisotopic (exact) mass is 684 g/mol. The van der Waals surface area contributed by atoms with Crippen molar-refractivity contribution in [2.75, 3.05) is 63.3 Å². The van der Waals surface area contributed by atoms with Crippen LogP contribution in [0.3, 0.4) is 0 Å². The molecule has 10 atom stereocenters. The van der Waals surface area contributed by atoms with E-state index in [1.54, 1.807) is 22.3 Å². The van der Waals surface area contributed by atoms with Gasteiger partial charge in [-0.1, -0.05) is 48.6 Å². The minimum absolute atomic E-state index is 0. The summed E-state index contributed by atoms with van der Waals surface area (Å²) in [5.74, 6) is 0.709. The van der Waals surface area contributed by atoms with Gasteiger partial charge in [-0.3, -0.25) is 0 Å². The van der Waals surface area contributed by atoms with Gasteiger partial charge in [-0.25, -0.2) is 0 Å². The minimum atomic E-state index is 0. The average Bonchev–Trinajstić information content (AvgIpc) is 3.73. The van der Waals surface area contributed by atoms with Crippen LogP contribution < -0.4 is 34.6 Å². The number of piperidine rings is 2. The molecule has 6 nitrogen and oxygen atoms in total. The zero-order valence-electron chi connectivity index (χ0n) is 27.9. The number of aliphatic hydroxyl groups excluding tert-OH is 2. The van der Waals surface area contributed by atoms with E-state index in [4.69, 9.17) is 0 Å². The molecule has 0 unspecified atom stereocenters. The quantitative estimate of drug-likeness (QED) is 0.295. The van der Waals surface area contributed by atoms with E-state index in [0.29, 0.717) is 23.9 Å². The molecule has 2 aromatic rings. The molecule has 0 aromatic heterocycles. The summed E-state index contributed by atoms with van der Waals surface area (Å²) in [6, 6.07) is 20.5. The maximum absolute atomic E-state index is 10.3. The van der Waals surface area contributed by atoms with Gasteiger partial charge < -0.3 is 53.8 Å². The lowest BCUT2D eigenvalue weighted by Crippen LogP contribution is -3.00. The van der Waals surface area contributed by atoms with Crippen molar-refractivity contribution in [3.05, 3.63) is 107 Å². The maximum Gasteiger partial charge on any atom is 0.102 e. The van der Waals surface area contributed by atoms with E-state index in [-0.39, 0.29) is 60.9 Å². The molecule has 7 aliphatic heterocycles. The molecule has 6 fully saturated rings. The highest BCUT2D eigenvalue weighted by Crippen LogP contribution is 2.69. The zero-order valence-corrected chi connectivity index (χ0v) is 29.4. The smallest absolute Gasteiger partial charge is 0.102 e. The van der Waals surface area contributed by atoms with Gasteiger partial charge >= 0.3 is 0 Å². The van der Waals surface area contributed by atoms with Crippen LogP contribution >= 0.6 is 0 Å². The fraction of sp³-hybridized carbons (Fsp3) is 0.500. The first-order chi connectivity index (χ1) is 22.4. The second kappa shape index (κ2) is 10.0. The second-order valence-electron chi connectivity index (χ2n) is 16.7. The van der Waals surface area contributed by atoms with Gasteiger partial charge in [-0.15, -0.1) is 0 Å². The Morgan fingerprint density at radius 2 is 1.10 bits per heavy atom. The predicted molar refractivity (Wildman–Crippen MR) is 180 cm³/mol. The van der Waals surface area contributed by atoms with Crippen molar-refractivity contribution in [2.45, 2.75) is 60.7 Å². The molecule has 48 heavy (non-hydrogen) atoms. The van der Waals surface area contributed by atoms with E-state index >= 15 is 0 Å². The van der Waals surface area contributed by atoms with Crippen LogP contribution in [0.15, 0.2) is 95.4 Å². The van der Waals surface area contributed by atoms with Crippen LogP contribution in [0.5, 0.6) is 0 Å². The largest absolute Gasteiger partial charge is 1.00 e. The normalized spacial score (nSPS) is 46.6. The Labute approximate surface area is 296 Å². The zero-order chi connectivity index (χ0) is 30.8. The Bertz CT molecular complexity index is 1740. The van der Waals surface area contributed by atoms with Gasteiger partial charge in [0.05, 0.1) is 63.3 Å². The lowest BCUT2D eigenvalue weighted by molar-refractivity contribution is -0.924. The van der Waals surface area contributed by atoms with Gasteiger partial charge in [0.1, 0.15) is 25.2 Å². The molecule has 9 aliphatic rings. The Morgan fingerprint density at radius 3 is 1.52 bits per heavy atom. The Morgan fingerprint density at radius 1 is 0.688 bits per heavy atom. The van der Waals surface area contributed by atoms with Crippen LogP contribution in [0.4, 0.5) is 11.4 Å². The number of aliphatic hydroxyl groups is 2. The Hall–Kier alpha value is -2.58. The van der Waals surface area contributed by atoms with Crippen LogP contribution in [0, 0.1) is 11.8 Å². The van der Waals surface area contributed by atoms with E-state index in [1.807, 2.05) is 0 Å². The van der Waals surface area contributed by atoms with Crippen LogP contribution in [0.25, 0.3) is 0 Å². The summed E-state index contributed by atoms with van der Waals surface area (Å²) in [6.07, 6.45) is 14.4. The van der Waals surface area contributed by atoms with Crippen molar-refractivity contribution in [1.82, 2.24) is 0 Å². The third kappa shape index (κ3) is 3.32. The fourth-order valence-electron chi connectivity index (χ4n) is 13.8. The molecule has 2 aliphatic carbocycles. The van der Waals surface area contributed by atoms with Gasteiger partial charge in [0.25, 0.3) is 0 Å². The number of hydrogen-bond donors (Lipinski definition) is 2. The highest BCUT2D eigenvalue weighted by atomic mass is 35.5. The van der Waals surface area contributed by atoms with Crippen LogP contribution in [-0.4, -0.2) is 96.8 Å². The molecule has 2 aromatic carbocycles. The molecule has 2 saturated carbocycles. The van der Waals surface area contributed by atoms with E-state index in [1.165, 1.54) is 48.5 Å². The fourth-order valence-corrected chi connectivity index (χ4v) is 13.8. The average molecular weight is 686 g/mol. The van der Waals surface area contributed by atoms with Crippen molar-refractivity contribution in [3.63, 3.8) is 0 Å².